The van der Waals surface area contributed by atoms with Crippen LogP contribution in [-0.2, 0) is 6.54 Å². The summed E-state index contributed by atoms with van der Waals surface area (Å²) in [6.45, 7) is 4.48. The number of benzene rings is 2. The van der Waals surface area contributed by atoms with E-state index in [2.05, 4.69) is 15.4 Å². The summed E-state index contributed by atoms with van der Waals surface area (Å²) in [6, 6.07) is 17.7. The van der Waals surface area contributed by atoms with Crippen LogP contribution in [0.1, 0.15) is 17.0 Å². The van der Waals surface area contributed by atoms with Gasteiger partial charge in [0.25, 0.3) is 0 Å². The number of aryl methyl sites for hydroxylation is 1. The lowest BCUT2D eigenvalue weighted by atomic mass is 10.2. The normalized spacial score (nSPS) is 11.0. The van der Waals surface area contributed by atoms with Crippen molar-refractivity contribution in [2.45, 2.75) is 20.4 Å². The molecule has 2 aromatic carbocycles. The number of hydrogen-bond donors (Lipinski definition) is 1. The Morgan fingerprint density at radius 3 is 2.57 bits per heavy atom. The smallest absolute Gasteiger partial charge is 0.323 e. The number of amides is 2. The number of aromatic nitrogens is 3. The molecule has 0 atom stereocenters. The lowest BCUT2D eigenvalue weighted by molar-refractivity contribution is 0.220. The highest BCUT2D eigenvalue weighted by atomic mass is 32.1. The number of carbonyl (C=O) groups excluding carboxylic acids is 1. The maximum atomic E-state index is 12.6. The zero-order valence-electron chi connectivity index (χ0n) is 16.0. The van der Waals surface area contributed by atoms with Crippen molar-refractivity contribution in [3.8, 4) is 5.69 Å². The van der Waals surface area contributed by atoms with Gasteiger partial charge in [0, 0.05) is 18.3 Å². The van der Waals surface area contributed by atoms with Crippen molar-refractivity contribution >= 4 is 32.7 Å². The number of thiazole rings is 1. The molecule has 28 heavy (non-hydrogen) atoms. The van der Waals surface area contributed by atoms with Crippen LogP contribution in [0, 0.1) is 13.8 Å². The molecule has 0 aliphatic rings. The van der Waals surface area contributed by atoms with Crippen molar-refractivity contribution < 1.29 is 4.79 Å². The Labute approximate surface area is 167 Å². The first-order valence-electron chi connectivity index (χ1n) is 9.01. The minimum Gasteiger partial charge on any atom is -0.323 e. The summed E-state index contributed by atoms with van der Waals surface area (Å²) in [5.74, 6) is 0. The van der Waals surface area contributed by atoms with Gasteiger partial charge in [-0.3, -0.25) is 5.32 Å². The molecular weight excluding hydrogens is 370 g/mol. The first-order valence-corrected chi connectivity index (χ1v) is 9.83. The molecule has 4 rings (SSSR count). The second kappa shape index (κ2) is 7.44. The summed E-state index contributed by atoms with van der Waals surface area (Å²) >= 11 is 1.47. The van der Waals surface area contributed by atoms with Gasteiger partial charge in [0.1, 0.15) is 0 Å². The molecule has 2 aromatic heterocycles. The Bertz CT molecular complexity index is 1100. The zero-order valence-corrected chi connectivity index (χ0v) is 16.8. The summed E-state index contributed by atoms with van der Waals surface area (Å²) < 4.78 is 2.97. The van der Waals surface area contributed by atoms with E-state index in [1.54, 1.807) is 11.9 Å². The van der Waals surface area contributed by atoms with E-state index in [9.17, 15) is 4.79 Å². The van der Waals surface area contributed by atoms with Gasteiger partial charge in [0.05, 0.1) is 28.1 Å². The Balaban J connectivity index is 1.50. The molecule has 0 saturated carbocycles. The molecule has 0 fully saturated rings. The molecular formula is C21H21N5OS. The van der Waals surface area contributed by atoms with E-state index in [4.69, 9.17) is 0 Å². The Morgan fingerprint density at radius 1 is 1.11 bits per heavy atom. The molecule has 0 bridgehead atoms. The summed E-state index contributed by atoms with van der Waals surface area (Å²) in [4.78, 5) is 18.8. The van der Waals surface area contributed by atoms with Crippen molar-refractivity contribution in [3.63, 3.8) is 0 Å². The standard InChI is InChI=1S/C21H21N5OS/c1-14-17(15(2)26(24-14)16-9-5-4-6-10-16)13-25(3)21(27)23-20-22-18-11-7-8-12-19(18)28-20/h4-12H,13H2,1-3H3,(H,22,23,27). The minimum absolute atomic E-state index is 0.190. The highest BCUT2D eigenvalue weighted by molar-refractivity contribution is 7.22. The Kier molecular flexibility index (Phi) is 4.83. The molecule has 1 N–H and O–H groups in total. The maximum Gasteiger partial charge on any atom is 0.323 e. The first kappa shape index (κ1) is 18.2. The summed E-state index contributed by atoms with van der Waals surface area (Å²) in [7, 11) is 1.78. The van der Waals surface area contributed by atoms with Gasteiger partial charge in [0.2, 0.25) is 0 Å². The molecule has 0 aliphatic carbocycles. The number of anilines is 1. The monoisotopic (exact) mass is 391 g/mol. The number of hydrogen-bond acceptors (Lipinski definition) is 4. The molecule has 7 heteroatoms. The van der Waals surface area contributed by atoms with Crippen LogP contribution >= 0.6 is 11.3 Å². The van der Waals surface area contributed by atoms with E-state index in [-0.39, 0.29) is 6.03 Å². The van der Waals surface area contributed by atoms with Crippen LogP contribution in [0.15, 0.2) is 54.6 Å². The number of para-hydroxylation sites is 2. The van der Waals surface area contributed by atoms with Crippen molar-refractivity contribution in [2.75, 3.05) is 12.4 Å². The molecule has 0 spiro atoms. The fourth-order valence-electron chi connectivity index (χ4n) is 3.15. The van der Waals surface area contributed by atoms with Crippen LogP contribution in [0.25, 0.3) is 15.9 Å². The molecule has 0 saturated heterocycles. The van der Waals surface area contributed by atoms with Crippen molar-refractivity contribution in [3.05, 3.63) is 71.5 Å². The topological polar surface area (TPSA) is 63.1 Å². The van der Waals surface area contributed by atoms with Crippen molar-refractivity contribution in [1.29, 1.82) is 0 Å². The van der Waals surface area contributed by atoms with Crippen LogP contribution in [0.5, 0.6) is 0 Å². The SMILES string of the molecule is Cc1nn(-c2ccccc2)c(C)c1CN(C)C(=O)Nc1nc2ccccc2s1. The molecule has 2 amide bonds. The van der Waals surface area contributed by atoms with Gasteiger partial charge in [-0.15, -0.1) is 0 Å². The third kappa shape index (κ3) is 3.48. The third-order valence-electron chi connectivity index (χ3n) is 4.69. The van der Waals surface area contributed by atoms with Crippen molar-refractivity contribution in [2.24, 2.45) is 0 Å². The van der Waals surface area contributed by atoms with Gasteiger partial charge in [0.15, 0.2) is 5.13 Å². The average molecular weight is 392 g/mol. The zero-order chi connectivity index (χ0) is 19.7. The fourth-order valence-corrected chi connectivity index (χ4v) is 4.00. The Hall–Kier alpha value is -3.19. The van der Waals surface area contributed by atoms with Gasteiger partial charge in [-0.05, 0) is 38.1 Å². The molecule has 142 valence electrons. The summed E-state index contributed by atoms with van der Waals surface area (Å²) in [5.41, 5.74) is 4.90. The number of rotatable bonds is 4. The fraction of sp³-hybridized carbons (Fsp3) is 0.190. The number of nitrogens with one attached hydrogen (secondary N) is 1. The highest BCUT2D eigenvalue weighted by Crippen LogP contribution is 2.26. The summed E-state index contributed by atoms with van der Waals surface area (Å²) in [5, 5.41) is 8.15. The van der Waals surface area contributed by atoms with E-state index in [0.717, 1.165) is 32.9 Å². The van der Waals surface area contributed by atoms with E-state index < -0.39 is 0 Å². The molecule has 4 aromatic rings. The predicted octanol–water partition coefficient (Wildman–Crippen LogP) is 4.76. The van der Waals surface area contributed by atoms with Crippen LogP contribution in [-0.4, -0.2) is 32.7 Å². The van der Waals surface area contributed by atoms with Gasteiger partial charge >= 0.3 is 6.03 Å². The third-order valence-corrected chi connectivity index (χ3v) is 5.64. The highest BCUT2D eigenvalue weighted by Gasteiger charge is 2.18. The maximum absolute atomic E-state index is 12.6. The molecule has 0 aliphatic heterocycles. The summed E-state index contributed by atoms with van der Waals surface area (Å²) in [6.07, 6.45) is 0. The van der Waals surface area contributed by atoms with Gasteiger partial charge in [-0.2, -0.15) is 5.10 Å². The first-order chi connectivity index (χ1) is 13.5. The Morgan fingerprint density at radius 2 is 1.82 bits per heavy atom. The van der Waals surface area contributed by atoms with Crippen LogP contribution in [0.4, 0.5) is 9.93 Å². The number of fused-ring (bicyclic) bond motifs is 1. The van der Waals surface area contributed by atoms with Crippen LogP contribution in [0.2, 0.25) is 0 Å². The minimum atomic E-state index is -0.190. The lowest BCUT2D eigenvalue weighted by Gasteiger charge is -2.17. The number of carbonyl (C=O) groups is 1. The van der Waals surface area contributed by atoms with E-state index >= 15 is 0 Å². The second-order valence-corrected chi connectivity index (χ2v) is 7.70. The van der Waals surface area contributed by atoms with E-state index in [1.165, 1.54) is 11.3 Å². The van der Waals surface area contributed by atoms with Gasteiger partial charge in [-0.1, -0.05) is 41.7 Å². The number of nitrogens with zero attached hydrogens (tertiary/aromatic N) is 4. The molecule has 2 heterocycles. The van der Waals surface area contributed by atoms with Crippen LogP contribution < -0.4 is 5.32 Å². The van der Waals surface area contributed by atoms with E-state index in [1.807, 2.05) is 73.1 Å². The average Bonchev–Trinajstić information content (AvgIpc) is 3.23. The quantitative estimate of drug-likeness (QED) is 0.545. The molecule has 0 radical (unpaired) electrons. The number of urea groups is 1. The van der Waals surface area contributed by atoms with Gasteiger partial charge < -0.3 is 4.90 Å². The predicted molar refractivity (Wildman–Crippen MR) is 113 cm³/mol. The van der Waals surface area contributed by atoms with Crippen LogP contribution in [0.3, 0.4) is 0 Å². The lowest BCUT2D eigenvalue weighted by Crippen LogP contribution is -2.31. The van der Waals surface area contributed by atoms with Crippen molar-refractivity contribution in [1.82, 2.24) is 19.7 Å². The van der Waals surface area contributed by atoms with Gasteiger partial charge in [-0.25, -0.2) is 14.5 Å². The van der Waals surface area contributed by atoms with E-state index in [0.29, 0.717) is 11.7 Å². The second-order valence-electron chi connectivity index (χ2n) is 6.67. The largest absolute Gasteiger partial charge is 0.323 e. The molecule has 6 nitrogen and oxygen atoms in total. The molecule has 0 unspecified atom stereocenters.